The Hall–Kier alpha value is -2.23. The first-order valence-electron chi connectivity index (χ1n) is 6.40. The van der Waals surface area contributed by atoms with E-state index < -0.39 is 0 Å². The van der Waals surface area contributed by atoms with Gasteiger partial charge in [-0.15, -0.1) is 0 Å². The third-order valence-corrected chi connectivity index (χ3v) is 3.57. The van der Waals surface area contributed by atoms with Crippen LogP contribution < -0.4 is 15.4 Å². The molecule has 0 bridgehead atoms. The highest BCUT2D eigenvalue weighted by molar-refractivity contribution is 5.58. The number of pyridine rings is 1. The number of aromatic nitrogens is 1. The van der Waals surface area contributed by atoms with Crippen molar-refractivity contribution in [3.05, 3.63) is 47.7 Å². The minimum atomic E-state index is 0.815. The van der Waals surface area contributed by atoms with E-state index in [1.807, 2.05) is 24.3 Å². The van der Waals surface area contributed by atoms with Gasteiger partial charge in [-0.3, -0.25) is 0 Å². The number of benzene rings is 1. The molecule has 0 aliphatic carbocycles. The van der Waals surface area contributed by atoms with Crippen molar-refractivity contribution in [2.75, 3.05) is 24.3 Å². The summed E-state index contributed by atoms with van der Waals surface area (Å²) in [6.07, 6.45) is 2.74. The zero-order valence-corrected chi connectivity index (χ0v) is 11.0. The summed E-state index contributed by atoms with van der Waals surface area (Å²) in [7, 11) is 1.68. The molecule has 0 atom stereocenters. The number of nitrogens with two attached hydrogens (primary N) is 1. The topological polar surface area (TPSA) is 51.4 Å². The van der Waals surface area contributed by atoms with Gasteiger partial charge < -0.3 is 15.4 Å². The number of nitrogens with zero attached hydrogens (tertiary/aromatic N) is 2. The van der Waals surface area contributed by atoms with Crippen LogP contribution in [0.15, 0.2) is 36.5 Å². The lowest BCUT2D eigenvalue weighted by Gasteiger charge is -2.31. The minimum absolute atomic E-state index is 0.815. The quantitative estimate of drug-likeness (QED) is 0.836. The van der Waals surface area contributed by atoms with Crippen molar-refractivity contribution in [3.63, 3.8) is 0 Å². The molecule has 4 nitrogen and oxygen atoms in total. The largest absolute Gasteiger partial charge is 0.493 e. The fraction of sp³-hybridized carbons (Fsp3) is 0.267. The zero-order chi connectivity index (χ0) is 13.2. The number of nitrogen functional groups attached to an aromatic ring is 1. The summed E-state index contributed by atoms with van der Waals surface area (Å²) in [5, 5.41) is 0. The number of hydrogen-bond donors (Lipinski definition) is 1. The van der Waals surface area contributed by atoms with Gasteiger partial charge in [-0.2, -0.15) is 0 Å². The molecule has 19 heavy (non-hydrogen) atoms. The molecule has 3 rings (SSSR count). The van der Waals surface area contributed by atoms with Gasteiger partial charge in [0.15, 0.2) is 11.6 Å². The van der Waals surface area contributed by atoms with Crippen molar-refractivity contribution in [2.45, 2.75) is 13.0 Å². The summed E-state index contributed by atoms with van der Waals surface area (Å²) >= 11 is 0. The van der Waals surface area contributed by atoms with Crippen molar-refractivity contribution in [1.82, 2.24) is 4.98 Å². The molecule has 0 unspecified atom stereocenters. The fourth-order valence-corrected chi connectivity index (χ4v) is 2.60. The molecule has 1 aromatic heterocycles. The van der Waals surface area contributed by atoms with Crippen LogP contribution in [0, 0.1) is 0 Å². The SMILES string of the molecule is COc1cccnc1N1CCc2c(N)cccc2C1. The molecule has 0 saturated carbocycles. The first-order chi connectivity index (χ1) is 9.29. The minimum Gasteiger partial charge on any atom is -0.493 e. The van der Waals surface area contributed by atoms with Gasteiger partial charge in [0.1, 0.15) is 0 Å². The fourth-order valence-electron chi connectivity index (χ4n) is 2.60. The van der Waals surface area contributed by atoms with Gasteiger partial charge in [-0.05, 0) is 35.7 Å². The smallest absolute Gasteiger partial charge is 0.171 e. The highest BCUT2D eigenvalue weighted by Gasteiger charge is 2.21. The molecule has 0 saturated heterocycles. The average molecular weight is 255 g/mol. The molecule has 2 aromatic rings. The van der Waals surface area contributed by atoms with Crippen molar-refractivity contribution >= 4 is 11.5 Å². The maximum atomic E-state index is 6.02. The number of fused-ring (bicyclic) bond motifs is 1. The van der Waals surface area contributed by atoms with Crippen molar-refractivity contribution < 1.29 is 4.74 Å². The van der Waals surface area contributed by atoms with Gasteiger partial charge in [0.2, 0.25) is 0 Å². The lowest BCUT2D eigenvalue weighted by Crippen LogP contribution is -2.31. The molecule has 0 spiro atoms. The molecule has 1 aromatic carbocycles. The lowest BCUT2D eigenvalue weighted by molar-refractivity contribution is 0.411. The summed E-state index contributed by atoms with van der Waals surface area (Å²) < 4.78 is 5.38. The average Bonchev–Trinajstić information content (AvgIpc) is 2.47. The second-order valence-electron chi connectivity index (χ2n) is 4.69. The number of ether oxygens (including phenoxy) is 1. The molecular weight excluding hydrogens is 238 g/mol. The molecule has 98 valence electrons. The van der Waals surface area contributed by atoms with Gasteiger partial charge in [0, 0.05) is 25.0 Å². The summed E-state index contributed by atoms with van der Waals surface area (Å²) in [5.41, 5.74) is 9.47. The van der Waals surface area contributed by atoms with Gasteiger partial charge in [0.05, 0.1) is 7.11 Å². The first kappa shape index (κ1) is 11.8. The first-order valence-corrected chi connectivity index (χ1v) is 6.40. The van der Waals surface area contributed by atoms with E-state index in [0.29, 0.717) is 0 Å². The molecule has 2 heterocycles. The number of methoxy groups -OCH3 is 1. The van der Waals surface area contributed by atoms with Crippen LogP contribution in [0.4, 0.5) is 11.5 Å². The highest BCUT2D eigenvalue weighted by atomic mass is 16.5. The predicted octanol–water partition coefficient (Wildman–Crippen LogP) is 2.24. The Kier molecular flexibility index (Phi) is 2.99. The Labute approximate surface area is 112 Å². The second kappa shape index (κ2) is 4.80. The molecule has 2 N–H and O–H groups in total. The van der Waals surface area contributed by atoms with E-state index in [1.54, 1.807) is 13.3 Å². The third-order valence-electron chi connectivity index (χ3n) is 3.57. The number of rotatable bonds is 2. The van der Waals surface area contributed by atoms with E-state index >= 15 is 0 Å². The molecule has 0 radical (unpaired) electrons. The van der Waals surface area contributed by atoms with Gasteiger partial charge >= 0.3 is 0 Å². The molecule has 1 aliphatic rings. The van der Waals surface area contributed by atoms with Gasteiger partial charge in [-0.25, -0.2) is 4.98 Å². The van der Waals surface area contributed by atoms with E-state index in [4.69, 9.17) is 10.5 Å². The Morgan fingerprint density at radius 3 is 3.00 bits per heavy atom. The zero-order valence-electron chi connectivity index (χ0n) is 11.0. The number of anilines is 2. The predicted molar refractivity (Wildman–Crippen MR) is 76.4 cm³/mol. The third kappa shape index (κ3) is 2.10. The van der Waals surface area contributed by atoms with E-state index in [0.717, 1.165) is 36.8 Å². The van der Waals surface area contributed by atoms with Crippen molar-refractivity contribution in [2.24, 2.45) is 0 Å². The normalized spacial score (nSPS) is 14.1. The Morgan fingerprint density at radius 2 is 2.16 bits per heavy atom. The van der Waals surface area contributed by atoms with Crippen LogP contribution in [0.3, 0.4) is 0 Å². The van der Waals surface area contributed by atoms with E-state index in [-0.39, 0.29) is 0 Å². The summed E-state index contributed by atoms with van der Waals surface area (Å²) in [6, 6.07) is 9.94. The molecule has 0 fully saturated rings. The molecule has 0 amide bonds. The van der Waals surface area contributed by atoms with Crippen LogP contribution in [0.2, 0.25) is 0 Å². The Balaban J connectivity index is 1.94. The van der Waals surface area contributed by atoms with Crippen LogP contribution in [-0.2, 0) is 13.0 Å². The summed E-state index contributed by atoms with van der Waals surface area (Å²) in [6.45, 7) is 1.74. The summed E-state index contributed by atoms with van der Waals surface area (Å²) in [5.74, 6) is 1.72. The molecule has 4 heteroatoms. The second-order valence-corrected chi connectivity index (χ2v) is 4.69. The highest BCUT2D eigenvalue weighted by Crippen LogP contribution is 2.31. The Bertz CT molecular complexity index is 598. The molecular formula is C15H17N3O. The van der Waals surface area contributed by atoms with E-state index in [2.05, 4.69) is 16.0 Å². The van der Waals surface area contributed by atoms with E-state index in [1.165, 1.54) is 11.1 Å². The van der Waals surface area contributed by atoms with Gasteiger partial charge in [-0.1, -0.05) is 12.1 Å². The monoisotopic (exact) mass is 255 g/mol. The van der Waals surface area contributed by atoms with Crippen molar-refractivity contribution in [3.8, 4) is 5.75 Å². The standard InChI is InChI=1S/C15H17N3O/c1-19-14-6-3-8-17-15(14)18-9-7-12-11(10-18)4-2-5-13(12)16/h2-6,8H,7,9-10,16H2,1H3. The maximum absolute atomic E-state index is 6.02. The van der Waals surface area contributed by atoms with Crippen LogP contribution >= 0.6 is 0 Å². The van der Waals surface area contributed by atoms with Crippen LogP contribution in [0.25, 0.3) is 0 Å². The number of hydrogen-bond acceptors (Lipinski definition) is 4. The maximum Gasteiger partial charge on any atom is 0.171 e. The van der Waals surface area contributed by atoms with E-state index in [9.17, 15) is 0 Å². The lowest BCUT2D eigenvalue weighted by atomic mass is 9.98. The molecule has 1 aliphatic heterocycles. The van der Waals surface area contributed by atoms with Crippen molar-refractivity contribution in [1.29, 1.82) is 0 Å². The summed E-state index contributed by atoms with van der Waals surface area (Å²) in [4.78, 5) is 6.67. The van der Waals surface area contributed by atoms with Crippen LogP contribution in [0.1, 0.15) is 11.1 Å². The van der Waals surface area contributed by atoms with Crippen LogP contribution in [0.5, 0.6) is 5.75 Å². The van der Waals surface area contributed by atoms with Gasteiger partial charge in [0.25, 0.3) is 0 Å². The van der Waals surface area contributed by atoms with Crippen LogP contribution in [-0.4, -0.2) is 18.6 Å². The Morgan fingerprint density at radius 1 is 1.26 bits per heavy atom.